The maximum Gasteiger partial charge on any atom is 0.339 e. The molecule has 0 unspecified atom stereocenters. The molecule has 0 fully saturated rings. The van der Waals surface area contributed by atoms with E-state index in [1.165, 1.54) is 11.3 Å². The van der Waals surface area contributed by atoms with Crippen LogP contribution in [0.2, 0.25) is 5.02 Å². The molecule has 0 bridgehead atoms. The first-order chi connectivity index (χ1) is 14.0. The van der Waals surface area contributed by atoms with Gasteiger partial charge in [-0.3, -0.25) is 4.79 Å². The Morgan fingerprint density at radius 3 is 2.55 bits per heavy atom. The number of thiophene rings is 1. The van der Waals surface area contributed by atoms with E-state index in [1.54, 1.807) is 41.8 Å². The number of nitrogens with one attached hydrogen (secondary N) is 1. The highest BCUT2D eigenvalue weighted by Crippen LogP contribution is 2.30. The van der Waals surface area contributed by atoms with Gasteiger partial charge in [0.05, 0.1) is 5.69 Å². The zero-order chi connectivity index (χ0) is 20.4. The van der Waals surface area contributed by atoms with Gasteiger partial charge in [0.25, 0.3) is 5.91 Å². The number of hydrogen-bond acceptors (Lipinski definition) is 4. The summed E-state index contributed by atoms with van der Waals surface area (Å²) in [4.78, 5) is 24.9. The number of para-hydroxylation sites is 1. The summed E-state index contributed by atoms with van der Waals surface area (Å²) < 4.78 is 5.54. The average Bonchev–Trinajstić information content (AvgIpc) is 3.31. The number of rotatable bonds is 5. The lowest BCUT2D eigenvalue weighted by atomic mass is 10.1. The van der Waals surface area contributed by atoms with E-state index in [0.29, 0.717) is 15.5 Å². The fourth-order valence-corrected chi connectivity index (χ4v) is 3.84. The second-order valence-corrected chi connectivity index (χ2v) is 7.53. The van der Waals surface area contributed by atoms with Gasteiger partial charge in [-0.05, 0) is 35.9 Å². The molecule has 2 N–H and O–H groups in total. The van der Waals surface area contributed by atoms with Crippen molar-refractivity contribution >= 4 is 63.6 Å². The van der Waals surface area contributed by atoms with Crippen molar-refractivity contribution in [1.82, 2.24) is 0 Å². The molecule has 0 aliphatic heterocycles. The molecule has 4 rings (SSSR count). The first kappa shape index (κ1) is 19.0. The first-order valence-corrected chi connectivity index (χ1v) is 9.85. The van der Waals surface area contributed by atoms with E-state index in [2.05, 4.69) is 5.32 Å². The number of carbonyl (C=O) groups excluding carboxylic acids is 1. The Hall–Kier alpha value is -3.35. The van der Waals surface area contributed by atoms with Crippen LogP contribution in [0.3, 0.4) is 0 Å². The zero-order valence-electron chi connectivity index (χ0n) is 14.9. The van der Waals surface area contributed by atoms with Gasteiger partial charge in [-0.15, -0.1) is 11.3 Å². The minimum atomic E-state index is -1.12. The number of anilines is 1. The molecular weight excluding hydrogens is 410 g/mol. The number of hydrogen-bond donors (Lipinski definition) is 2. The number of aromatic carboxylic acids is 1. The fraction of sp³-hybridized carbons (Fsp3) is 0. The topological polar surface area (TPSA) is 79.5 Å². The van der Waals surface area contributed by atoms with Crippen LogP contribution < -0.4 is 5.32 Å². The number of fused-ring (bicyclic) bond motifs is 1. The lowest BCUT2D eigenvalue weighted by molar-refractivity contribution is 0.0698. The predicted molar refractivity (Wildman–Crippen MR) is 116 cm³/mol. The normalized spacial score (nSPS) is 11.2. The highest BCUT2D eigenvalue weighted by Gasteiger charge is 2.20. The molecule has 5 nitrogen and oxygen atoms in total. The Labute approximate surface area is 174 Å². The van der Waals surface area contributed by atoms with Crippen molar-refractivity contribution in [1.29, 1.82) is 0 Å². The van der Waals surface area contributed by atoms with Crippen molar-refractivity contribution in [2.45, 2.75) is 0 Å². The zero-order valence-corrected chi connectivity index (χ0v) is 16.5. The van der Waals surface area contributed by atoms with Crippen LogP contribution >= 0.6 is 22.9 Å². The number of carbonyl (C=O) groups is 2. The summed E-state index contributed by atoms with van der Waals surface area (Å²) in [5.74, 6) is -1.51. The molecule has 29 heavy (non-hydrogen) atoms. The van der Waals surface area contributed by atoms with Gasteiger partial charge in [0, 0.05) is 20.7 Å². The minimum absolute atomic E-state index is 0.0321. The summed E-state index contributed by atoms with van der Waals surface area (Å²) in [6, 6.07) is 16.1. The third kappa shape index (κ3) is 4.08. The maximum atomic E-state index is 12.6. The monoisotopic (exact) mass is 423 g/mol. The lowest BCUT2D eigenvalue weighted by Crippen LogP contribution is -2.13. The summed E-state index contributed by atoms with van der Waals surface area (Å²) in [5, 5.41) is 15.3. The van der Waals surface area contributed by atoms with Crippen molar-refractivity contribution in [3.63, 3.8) is 0 Å². The second kappa shape index (κ2) is 7.95. The maximum absolute atomic E-state index is 12.6. The first-order valence-electron chi connectivity index (χ1n) is 8.59. The third-order valence-electron chi connectivity index (χ3n) is 4.23. The van der Waals surface area contributed by atoms with Gasteiger partial charge in [-0.25, -0.2) is 4.79 Å². The van der Waals surface area contributed by atoms with E-state index >= 15 is 0 Å². The van der Waals surface area contributed by atoms with Crippen LogP contribution in [-0.2, 0) is 0 Å². The van der Waals surface area contributed by atoms with Crippen LogP contribution in [0.1, 0.15) is 31.4 Å². The molecule has 2 aromatic carbocycles. The van der Waals surface area contributed by atoms with Crippen molar-refractivity contribution in [3.8, 4) is 0 Å². The summed E-state index contributed by atoms with van der Waals surface area (Å²) in [5.41, 5.74) is 1.73. The molecule has 0 atom stereocenters. The molecule has 0 saturated carbocycles. The molecule has 0 radical (unpaired) electrons. The number of furan rings is 1. The number of carboxylic acids is 1. The van der Waals surface area contributed by atoms with Crippen molar-refractivity contribution in [2.24, 2.45) is 0 Å². The van der Waals surface area contributed by atoms with E-state index in [9.17, 15) is 14.7 Å². The van der Waals surface area contributed by atoms with E-state index in [0.717, 1.165) is 10.9 Å². The standard InChI is InChI=1S/C22H14ClNO4S/c23-15-8-5-13(6-9-15)7-10-19-20(22(26)27)16(12-29-19)24-21(25)18-11-14-3-1-2-4-17(14)28-18/h1-12H,(H,24,25)(H,26,27)/b10-7+. The number of benzene rings is 2. The summed E-state index contributed by atoms with van der Waals surface area (Å²) in [6.45, 7) is 0. The van der Waals surface area contributed by atoms with E-state index in [4.69, 9.17) is 16.0 Å². The van der Waals surface area contributed by atoms with Crippen LogP contribution in [0.4, 0.5) is 5.69 Å². The van der Waals surface area contributed by atoms with Gasteiger partial charge < -0.3 is 14.8 Å². The fourth-order valence-electron chi connectivity index (χ4n) is 2.83. The Balaban J connectivity index is 1.59. The summed E-state index contributed by atoms with van der Waals surface area (Å²) >= 11 is 7.11. The van der Waals surface area contributed by atoms with Gasteiger partial charge in [-0.2, -0.15) is 0 Å². The van der Waals surface area contributed by atoms with Gasteiger partial charge in [0.2, 0.25) is 0 Å². The van der Waals surface area contributed by atoms with Crippen LogP contribution in [0, 0.1) is 0 Å². The van der Waals surface area contributed by atoms with E-state index in [1.807, 2.05) is 30.3 Å². The second-order valence-electron chi connectivity index (χ2n) is 6.18. The highest BCUT2D eigenvalue weighted by molar-refractivity contribution is 7.12. The van der Waals surface area contributed by atoms with E-state index in [-0.39, 0.29) is 17.0 Å². The molecule has 1 amide bonds. The smallest absolute Gasteiger partial charge is 0.339 e. The molecule has 144 valence electrons. The van der Waals surface area contributed by atoms with Gasteiger partial charge in [0.15, 0.2) is 5.76 Å². The minimum Gasteiger partial charge on any atom is -0.478 e. The van der Waals surface area contributed by atoms with E-state index < -0.39 is 11.9 Å². The van der Waals surface area contributed by atoms with Crippen molar-refractivity contribution in [3.05, 3.63) is 86.8 Å². The van der Waals surface area contributed by atoms with Crippen LogP contribution in [0.15, 0.2) is 64.4 Å². The van der Waals surface area contributed by atoms with Crippen LogP contribution in [0.25, 0.3) is 23.1 Å². The number of halogens is 1. The third-order valence-corrected chi connectivity index (χ3v) is 5.43. The number of amides is 1. The summed E-state index contributed by atoms with van der Waals surface area (Å²) in [6.07, 6.45) is 3.49. The summed E-state index contributed by atoms with van der Waals surface area (Å²) in [7, 11) is 0. The SMILES string of the molecule is O=C(Nc1csc(/C=C/c2ccc(Cl)cc2)c1C(=O)O)c1cc2ccccc2o1. The van der Waals surface area contributed by atoms with Crippen LogP contribution in [-0.4, -0.2) is 17.0 Å². The molecule has 7 heteroatoms. The molecule has 2 aromatic heterocycles. The van der Waals surface area contributed by atoms with Crippen molar-refractivity contribution < 1.29 is 19.1 Å². The molecule has 2 heterocycles. The molecule has 0 aliphatic carbocycles. The Kier molecular flexibility index (Phi) is 5.20. The predicted octanol–water partition coefficient (Wildman–Crippen LogP) is 6.27. The van der Waals surface area contributed by atoms with Crippen LogP contribution in [0.5, 0.6) is 0 Å². The molecule has 0 spiro atoms. The average molecular weight is 424 g/mol. The highest BCUT2D eigenvalue weighted by atomic mass is 35.5. The molecular formula is C22H14ClNO4S. The van der Waals surface area contributed by atoms with Gasteiger partial charge in [-0.1, -0.05) is 48.0 Å². The molecule has 0 saturated heterocycles. The number of carboxylic acid groups (broad SMARTS) is 1. The quantitative estimate of drug-likeness (QED) is 0.396. The largest absolute Gasteiger partial charge is 0.478 e. The van der Waals surface area contributed by atoms with Gasteiger partial charge in [0.1, 0.15) is 11.1 Å². The Bertz CT molecular complexity index is 1200. The molecule has 0 aliphatic rings. The lowest BCUT2D eigenvalue weighted by Gasteiger charge is -2.03. The Morgan fingerprint density at radius 2 is 1.83 bits per heavy atom. The van der Waals surface area contributed by atoms with Gasteiger partial charge >= 0.3 is 5.97 Å². The van der Waals surface area contributed by atoms with Crippen molar-refractivity contribution in [2.75, 3.05) is 5.32 Å². The molecule has 4 aromatic rings. The Morgan fingerprint density at radius 1 is 1.07 bits per heavy atom.